The standard InChI is InChI=1S/C21H11F2N3O4/c22-12-3-6-17-15(9-12)18-14-2-1-7-24-20(14)30-21(27)19(18)25(17)10-11-8-13(26(28)29)4-5-16(11)23/h1-9H,10H2. The molecule has 3 heterocycles. The van der Waals surface area contributed by atoms with Crippen molar-refractivity contribution in [2.45, 2.75) is 6.54 Å². The summed E-state index contributed by atoms with van der Waals surface area (Å²) < 4.78 is 35.3. The molecule has 2 aromatic carbocycles. The molecule has 0 radical (unpaired) electrons. The fraction of sp³-hybridized carbons (Fsp3) is 0.0476. The van der Waals surface area contributed by atoms with E-state index in [1.165, 1.54) is 29.0 Å². The predicted molar refractivity (Wildman–Crippen MR) is 105 cm³/mol. The third-order valence-electron chi connectivity index (χ3n) is 5.02. The molecule has 0 amide bonds. The van der Waals surface area contributed by atoms with E-state index in [-0.39, 0.29) is 29.0 Å². The van der Waals surface area contributed by atoms with Gasteiger partial charge in [-0.15, -0.1) is 0 Å². The Balaban J connectivity index is 1.89. The normalized spacial score (nSPS) is 11.5. The van der Waals surface area contributed by atoms with Crippen LogP contribution in [0.5, 0.6) is 0 Å². The van der Waals surface area contributed by atoms with Gasteiger partial charge in [0.2, 0.25) is 5.71 Å². The van der Waals surface area contributed by atoms with Gasteiger partial charge in [0.25, 0.3) is 5.69 Å². The van der Waals surface area contributed by atoms with Crippen molar-refractivity contribution >= 4 is 38.6 Å². The molecule has 0 aliphatic rings. The molecule has 0 aliphatic heterocycles. The van der Waals surface area contributed by atoms with Gasteiger partial charge < -0.3 is 8.98 Å². The second-order valence-corrected chi connectivity index (χ2v) is 6.75. The van der Waals surface area contributed by atoms with Gasteiger partial charge in [0.15, 0.2) is 0 Å². The molecular weight excluding hydrogens is 396 g/mol. The Kier molecular flexibility index (Phi) is 3.85. The van der Waals surface area contributed by atoms with Crippen LogP contribution >= 0.6 is 0 Å². The summed E-state index contributed by atoms with van der Waals surface area (Å²) in [6.07, 6.45) is 1.47. The molecule has 0 bridgehead atoms. The lowest BCUT2D eigenvalue weighted by molar-refractivity contribution is -0.385. The summed E-state index contributed by atoms with van der Waals surface area (Å²) in [6, 6.07) is 10.5. The van der Waals surface area contributed by atoms with E-state index in [2.05, 4.69) is 4.98 Å². The largest absolute Gasteiger partial charge is 0.402 e. The molecule has 0 saturated heterocycles. The maximum absolute atomic E-state index is 14.4. The summed E-state index contributed by atoms with van der Waals surface area (Å²) in [4.78, 5) is 27.3. The van der Waals surface area contributed by atoms with Gasteiger partial charge in [-0.2, -0.15) is 0 Å². The molecule has 7 nitrogen and oxygen atoms in total. The Hall–Kier alpha value is -4.14. The quantitative estimate of drug-likeness (QED) is 0.324. The Morgan fingerprint density at radius 1 is 1.10 bits per heavy atom. The number of hydrogen-bond donors (Lipinski definition) is 0. The van der Waals surface area contributed by atoms with Crippen LogP contribution in [-0.2, 0) is 6.54 Å². The highest BCUT2D eigenvalue weighted by molar-refractivity contribution is 6.18. The van der Waals surface area contributed by atoms with E-state index in [9.17, 15) is 23.7 Å². The molecule has 0 spiro atoms. The first-order chi connectivity index (χ1) is 14.4. The summed E-state index contributed by atoms with van der Waals surface area (Å²) in [6.45, 7) is -0.185. The predicted octanol–water partition coefficient (Wildman–Crippen LogP) is 4.53. The number of aromatic nitrogens is 2. The van der Waals surface area contributed by atoms with Crippen LogP contribution in [0.2, 0.25) is 0 Å². The third kappa shape index (κ3) is 2.63. The summed E-state index contributed by atoms with van der Waals surface area (Å²) in [5, 5.41) is 12.5. The maximum atomic E-state index is 14.4. The number of pyridine rings is 1. The molecule has 148 valence electrons. The van der Waals surface area contributed by atoms with Crippen LogP contribution in [0.25, 0.3) is 32.9 Å². The minimum absolute atomic E-state index is 0.0120. The number of nitro groups is 1. The first-order valence-electron chi connectivity index (χ1n) is 8.86. The molecule has 0 fully saturated rings. The minimum atomic E-state index is -0.723. The van der Waals surface area contributed by atoms with E-state index in [0.29, 0.717) is 21.7 Å². The number of fused-ring (bicyclic) bond motifs is 5. The number of halogens is 2. The van der Waals surface area contributed by atoms with Crippen molar-refractivity contribution in [1.82, 2.24) is 9.55 Å². The smallest absolute Gasteiger partial charge is 0.362 e. The van der Waals surface area contributed by atoms with E-state index in [0.717, 1.165) is 18.2 Å². The van der Waals surface area contributed by atoms with Gasteiger partial charge in [0.05, 0.1) is 11.5 Å². The molecule has 5 aromatic rings. The van der Waals surface area contributed by atoms with Crippen molar-refractivity contribution in [2.75, 3.05) is 0 Å². The highest BCUT2D eigenvalue weighted by atomic mass is 19.1. The van der Waals surface area contributed by atoms with E-state index in [4.69, 9.17) is 4.42 Å². The van der Waals surface area contributed by atoms with E-state index >= 15 is 0 Å². The van der Waals surface area contributed by atoms with Crippen molar-refractivity contribution in [3.05, 3.63) is 92.5 Å². The lowest BCUT2D eigenvalue weighted by Gasteiger charge is -2.08. The van der Waals surface area contributed by atoms with Crippen molar-refractivity contribution in [2.24, 2.45) is 0 Å². The summed E-state index contributed by atoms with van der Waals surface area (Å²) in [5.74, 6) is -1.17. The van der Waals surface area contributed by atoms with E-state index < -0.39 is 22.2 Å². The number of benzene rings is 2. The van der Waals surface area contributed by atoms with Gasteiger partial charge in [-0.1, -0.05) is 0 Å². The summed E-state index contributed by atoms with van der Waals surface area (Å²) in [7, 11) is 0. The fourth-order valence-electron chi connectivity index (χ4n) is 3.74. The monoisotopic (exact) mass is 407 g/mol. The lowest BCUT2D eigenvalue weighted by atomic mass is 10.1. The summed E-state index contributed by atoms with van der Waals surface area (Å²) >= 11 is 0. The van der Waals surface area contributed by atoms with Crippen molar-refractivity contribution < 1.29 is 18.1 Å². The Bertz CT molecular complexity index is 1560. The van der Waals surface area contributed by atoms with E-state index in [1.807, 2.05) is 0 Å². The van der Waals surface area contributed by atoms with Crippen molar-refractivity contribution in [1.29, 1.82) is 0 Å². The molecule has 9 heteroatoms. The van der Waals surface area contributed by atoms with Crippen LogP contribution in [0.1, 0.15) is 5.56 Å². The van der Waals surface area contributed by atoms with Crippen LogP contribution in [0, 0.1) is 21.7 Å². The first kappa shape index (κ1) is 17.9. The lowest BCUT2D eigenvalue weighted by Crippen LogP contribution is -2.09. The zero-order valence-corrected chi connectivity index (χ0v) is 15.1. The fourth-order valence-corrected chi connectivity index (χ4v) is 3.74. The van der Waals surface area contributed by atoms with E-state index in [1.54, 1.807) is 12.1 Å². The van der Waals surface area contributed by atoms with Gasteiger partial charge >= 0.3 is 5.63 Å². The number of nitrogens with zero attached hydrogens (tertiary/aromatic N) is 3. The highest BCUT2D eigenvalue weighted by Gasteiger charge is 2.21. The molecule has 5 rings (SSSR count). The minimum Gasteiger partial charge on any atom is -0.402 e. The van der Waals surface area contributed by atoms with Gasteiger partial charge in [0, 0.05) is 45.6 Å². The second-order valence-electron chi connectivity index (χ2n) is 6.75. The van der Waals surface area contributed by atoms with Crippen molar-refractivity contribution in [3.63, 3.8) is 0 Å². The van der Waals surface area contributed by atoms with Crippen LogP contribution in [0.4, 0.5) is 14.5 Å². The van der Waals surface area contributed by atoms with Crippen LogP contribution in [0.3, 0.4) is 0 Å². The maximum Gasteiger partial charge on any atom is 0.362 e. The number of hydrogen-bond acceptors (Lipinski definition) is 5. The number of rotatable bonds is 3. The molecule has 0 unspecified atom stereocenters. The Morgan fingerprint density at radius 3 is 2.73 bits per heavy atom. The molecule has 0 aliphatic carbocycles. The molecule has 0 N–H and O–H groups in total. The summed E-state index contributed by atoms with van der Waals surface area (Å²) in [5.41, 5.74) is -0.334. The third-order valence-corrected chi connectivity index (χ3v) is 5.02. The van der Waals surface area contributed by atoms with Crippen LogP contribution < -0.4 is 5.63 Å². The van der Waals surface area contributed by atoms with Gasteiger partial charge in [-0.05, 0) is 36.4 Å². The topological polar surface area (TPSA) is 91.2 Å². The molecule has 0 saturated carbocycles. The average Bonchev–Trinajstić information content (AvgIpc) is 3.04. The average molecular weight is 407 g/mol. The Morgan fingerprint density at radius 2 is 1.93 bits per heavy atom. The number of nitro benzene ring substituents is 1. The zero-order valence-electron chi connectivity index (χ0n) is 15.1. The Labute approximate surface area is 165 Å². The van der Waals surface area contributed by atoms with Crippen LogP contribution in [0.15, 0.2) is 63.9 Å². The van der Waals surface area contributed by atoms with Gasteiger partial charge in [-0.3, -0.25) is 10.1 Å². The zero-order chi connectivity index (χ0) is 21.0. The first-order valence-corrected chi connectivity index (χ1v) is 8.86. The highest BCUT2D eigenvalue weighted by Crippen LogP contribution is 2.33. The SMILES string of the molecule is O=c1oc2ncccc2c2c3cc(F)ccc3n(Cc3cc([N+](=O)[O-])ccc3F)c12. The van der Waals surface area contributed by atoms with Crippen LogP contribution in [-0.4, -0.2) is 14.5 Å². The molecule has 0 atom stereocenters. The molecule has 3 aromatic heterocycles. The van der Waals surface area contributed by atoms with Gasteiger partial charge in [0.1, 0.15) is 17.2 Å². The second kappa shape index (κ2) is 6.45. The molecule has 30 heavy (non-hydrogen) atoms. The van der Waals surface area contributed by atoms with Gasteiger partial charge in [-0.25, -0.2) is 18.6 Å². The molecular formula is C21H11F2N3O4. The number of non-ortho nitro benzene ring substituents is 1. The van der Waals surface area contributed by atoms with Crippen molar-refractivity contribution in [3.8, 4) is 0 Å².